The second-order valence-corrected chi connectivity index (χ2v) is 8.20. The number of aromatic amines is 1. The van der Waals surface area contributed by atoms with Gasteiger partial charge in [-0.15, -0.1) is 5.10 Å². The normalized spacial score (nSPS) is 21.3. The maximum atomic E-state index is 13.2. The molecule has 158 valence electrons. The van der Waals surface area contributed by atoms with Gasteiger partial charge in [-0.05, 0) is 53.8 Å². The molecule has 0 spiro atoms. The van der Waals surface area contributed by atoms with Crippen molar-refractivity contribution in [3.05, 3.63) is 51.6 Å². The summed E-state index contributed by atoms with van der Waals surface area (Å²) in [4.78, 5) is 17.4. The first kappa shape index (κ1) is 19.3. The Morgan fingerprint density at radius 2 is 2.13 bits per heavy atom. The average molecular weight is 411 g/mol. The lowest BCUT2D eigenvalue weighted by Gasteiger charge is -2.30. The van der Waals surface area contributed by atoms with Crippen molar-refractivity contribution >= 4 is 10.9 Å². The number of rotatable bonds is 5. The number of benzene rings is 1. The second-order valence-electron chi connectivity index (χ2n) is 8.20. The van der Waals surface area contributed by atoms with E-state index in [1.807, 2.05) is 22.9 Å². The van der Waals surface area contributed by atoms with E-state index in [1.54, 1.807) is 0 Å². The van der Waals surface area contributed by atoms with E-state index >= 15 is 0 Å². The number of pyridine rings is 1. The Labute approximate surface area is 174 Å². The van der Waals surface area contributed by atoms with Crippen LogP contribution in [-0.4, -0.2) is 64.2 Å². The van der Waals surface area contributed by atoms with E-state index in [0.717, 1.165) is 49.0 Å². The highest BCUT2D eigenvalue weighted by Gasteiger charge is 2.35. The molecular formula is C21H27N6O3+. The van der Waals surface area contributed by atoms with Gasteiger partial charge >= 0.3 is 0 Å². The summed E-state index contributed by atoms with van der Waals surface area (Å²) in [6.45, 7) is 6.34. The highest BCUT2D eigenvalue weighted by atomic mass is 16.5. The molecule has 2 aliphatic rings. The number of fused-ring (bicyclic) bond motifs is 1. The second kappa shape index (κ2) is 8.25. The predicted octanol–water partition coefficient (Wildman–Crippen LogP) is 0.00652. The summed E-state index contributed by atoms with van der Waals surface area (Å²) in [6.07, 6.45) is 2.18. The molecular weight excluding hydrogens is 384 g/mol. The van der Waals surface area contributed by atoms with Crippen LogP contribution in [-0.2, 0) is 16.0 Å². The van der Waals surface area contributed by atoms with Crippen molar-refractivity contribution in [3.8, 4) is 0 Å². The Morgan fingerprint density at radius 1 is 1.27 bits per heavy atom. The van der Waals surface area contributed by atoms with Crippen LogP contribution in [0.25, 0.3) is 10.9 Å². The Kier molecular flexibility index (Phi) is 5.32. The van der Waals surface area contributed by atoms with Gasteiger partial charge in [0.2, 0.25) is 5.82 Å². The first-order valence-corrected chi connectivity index (χ1v) is 10.6. The van der Waals surface area contributed by atoms with Crippen molar-refractivity contribution < 1.29 is 14.4 Å². The van der Waals surface area contributed by atoms with Crippen molar-refractivity contribution in [2.75, 3.05) is 32.9 Å². The van der Waals surface area contributed by atoms with Crippen LogP contribution in [0.5, 0.6) is 0 Å². The lowest BCUT2D eigenvalue weighted by atomic mass is 10.0. The van der Waals surface area contributed by atoms with Crippen LogP contribution in [0.4, 0.5) is 0 Å². The third kappa shape index (κ3) is 3.76. The molecule has 0 bridgehead atoms. The Morgan fingerprint density at radius 3 is 2.93 bits per heavy atom. The minimum Gasteiger partial charge on any atom is -0.376 e. The molecule has 3 aromatic rings. The van der Waals surface area contributed by atoms with Crippen molar-refractivity contribution in [3.63, 3.8) is 0 Å². The van der Waals surface area contributed by atoms with Crippen molar-refractivity contribution in [1.82, 2.24) is 25.2 Å². The molecule has 30 heavy (non-hydrogen) atoms. The van der Waals surface area contributed by atoms with E-state index in [2.05, 4.69) is 33.5 Å². The van der Waals surface area contributed by atoms with Gasteiger partial charge in [0.15, 0.2) is 6.04 Å². The first-order chi connectivity index (χ1) is 14.7. The molecule has 0 radical (unpaired) electrons. The fourth-order valence-corrected chi connectivity index (χ4v) is 4.55. The molecule has 0 aliphatic carbocycles. The van der Waals surface area contributed by atoms with Crippen LogP contribution < -0.4 is 10.5 Å². The molecule has 2 aromatic heterocycles. The zero-order valence-electron chi connectivity index (χ0n) is 17.1. The fourth-order valence-electron chi connectivity index (χ4n) is 4.55. The van der Waals surface area contributed by atoms with Crippen LogP contribution in [0, 0.1) is 6.92 Å². The largest absolute Gasteiger partial charge is 0.376 e. The first-order valence-electron chi connectivity index (χ1n) is 10.6. The van der Waals surface area contributed by atoms with E-state index in [-0.39, 0.29) is 17.7 Å². The number of aryl methyl sites for hydroxylation is 1. The molecule has 0 saturated carbocycles. The molecule has 1 aromatic carbocycles. The predicted molar refractivity (Wildman–Crippen MR) is 109 cm³/mol. The quantitative estimate of drug-likeness (QED) is 0.614. The molecule has 5 rings (SSSR count). The molecule has 2 N–H and O–H groups in total. The van der Waals surface area contributed by atoms with Gasteiger partial charge in [-0.2, -0.15) is 0 Å². The van der Waals surface area contributed by atoms with Crippen LogP contribution >= 0.6 is 0 Å². The number of aromatic nitrogens is 5. The third-order valence-corrected chi connectivity index (χ3v) is 6.10. The third-order valence-electron chi connectivity index (χ3n) is 6.10. The molecule has 0 unspecified atom stereocenters. The van der Waals surface area contributed by atoms with Crippen LogP contribution in [0.1, 0.15) is 35.8 Å². The fraction of sp³-hybridized carbons (Fsp3) is 0.524. The minimum atomic E-state index is -0.265. The van der Waals surface area contributed by atoms with Crippen LogP contribution in [0.3, 0.4) is 0 Å². The number of H-pyrrole nitrogens is 1. The molecule has 2 aliphatic heterocycles. The van der Waals surface area contributed by atoms with Gasteiger partial charge in [0.25, 0.3) is 5.56 Å². The number of hydrogen-bond acceptors (Lipinski definition) is 6. The standard InChI is InChI=1S/C21H26N6O3/c1-14-4-5-18-15(11-14)12-17(21(28)22-18)19(26-6-9-29-10-7-26)20-23-24-25-27(20)13-16-3-2-8-30-16/h4-5,11-12,16,19H,2-3,6-10,13H2,1H3,(H,22,28)/p+1/t16-,19+/m1/s1. The highest BCUT2D eigenvalue weighted by Crippen LogP contribution is 2.21. The van der Waals surface area contributed by atoms with Gasteiger partial charge in [-0.1, -0.05) is 11.6 Å². The van der Waals surface area contributed by atoms with E-state index < -0.39 is 0 Å². The minimum absolute atomic E-state index is 0.0954. The Balaban J connectivity index is 1.60. The molecule has 4 heterocycles. The summed E-state index contributed by atoms with van der Waals surface area (Å²) in [6, 6.07) is 7.78. The van der Waals surface area contributed by atoms with E-state index in [9.17, 15) is 4.79 Å². The SMILES string of the molecule is Cc1ccc2[nH]c(=O)c([C@@H](c3nnnn3C[C@H]3CCCO3)[NH+]3CCOCC3)cc2c1. The molecule has 9 nitrogen and oxygen atoms in total. The van der Waals surface area contributed by atoms with Gasteiger partial charge in [0.1, 0.15) is 13.1 Å². The number of nitrogens with zero attached hydrogens (tertiary/aromatic N) is 4. The number of hydrogen-bond donors (Lipinski definition) is 2. The summed E-state index contributed by atoms with van der Waals surface area (Å²) in [5.41, 5.74) is 2.58. The van der Waals surface area contributed by atoms with Crippen LogP contribution in [0.2, 0.25) is 0 Å². The smallest absolute Gasteiger partial charge is 0.258 e. The molecule has 2 saturated heterocycles. The molecule has 9 heteroatoms. The van der Waals surface area contributed by atoms with Crippen LogP contribution in [0.15, 0.2) is 29.1 Å². The number of tetrazole rings is 1. The monoisotopic (exact) mass is 411 g/mol. The summed E-state index contributed by atoms with van der Waals surface area (Å²) < 4.78 is 13.2. The molecule has 0 amide bonds. The van der Waals surface area contributed by atoms with E-state index in [1.165, 1.54) is 4.90 Å². The van der Waals surface area contributed by atoms with Gasteiger partial charge in [-0.25, -0.2) is 4.68 Å². The van der Waals surface area contributed by atoms with Crippen molar-refractivity contribution in [1.29, 1.82) is 0 Å². The van der Waals surface area contributed by atoms with Gasteiger partial charge < -0.3 is 19.4 Å². The van der Waals surface area contributed by atoms with Gasteiger partial charge in [0.05, 0.1) is 31.4 Å². The maximum Gasteiger partial charge on any atom is 0.258 e. The summed E-state index contributed by atoms with van der Waals surface area (Å²) in [5, 5.41) is 13.6. The average Bonchev–Trinajstić information content (AvgIpc) is 3.43. The molecule has 2 fully saturated rings. The van der Waals surface area contributed by atoms with Gasteiger partial charge in [0, 0.05) is 12.1 Å². The number of nitrogens with one attached hydrogen (secondary N) is 2. The van der Waals surface area contributed by atoms with E-state index in [0.29, 0.717) is 31.1 Å². The summed E-state index contributed by atoms with van der Waals surface area (Å²) in [5.74, 6) is 0.708. The number of quaternary nitrogens is 1. The highest BCUT2D eigenvalue weighted by molar-refractivity contribution is 5.79. The lowest BCUT2D eigenvalue weighted by Crippen LogP contribution is -3.14. The van der Waals surface area contributed by atoms with Gasteiger partial charge in [-0.3, -0.25) is 4.79 Å². The molecule has 2 atom stereocenters. The zero-order valence-corrected chi connectivity index (χ0v) is 17.1. The number of ether oxygens (including phenoxy) is 2. The number of morpholine rings is 1. The summed E-state index contributed by atoms with van der Waals surface area (Å²) >= 11 is 0. The Hall–Kier alpha value is -2.62. The topological polar surface area (TPSA) is 99.4 Å². The van der Waals surface area contributed by atoms with Crippen molar-refractivity contribution in [2.45, 2.75) is 38.5 Å². The Bertz CT molecular complexity index is 1080. The lowest BCUT2D eigenvalue weighted by molar-refractivity contribution is -0.933. The summed E-state index contributed by atoms with van der Waals surface area (Å²) in [7, 11) is 0. The maximum absolute atomic E-state index is 13.2. The zero-order chi connectivity index (χ0) is 20.5. The van der Waals surface area contributed by atoms with Crippen molar-refractivity contribution in [2.24, 2.45) is 0 Å². The van der Waals surface area contributed by atoms with E-state index in [4.69, 9.17) is 9.47 Å².